The fourth-order valence-electron chi connectivity index (χ4n) is 2.35. The minimum Gasteiger partial charge on any atom is -0.481 e. The summed E-state index contributed by atoms with van der Waals surface area (Å²) >= 11 is 0. The van der Waals surface area contributed by atoms with E-state index < -0.39 is 0 Å². The van der Waals surface area contributed by atoms with Crippen molar-refractivity contribution in [2.75, 3.05) is 13.7 Å². The molecule has 1 unspecified atom stereocenters. The molecule has 19 heavy (non-hydrogen) atoms. The summed E-state index contributed by atoms with van der Waals surface area (Å²) < 4.78 is 5.32. The third kappa shape index (κ3) is 3.17. The Bertz CT molecular complexity index is 531. The summed E-state index contributed by atoms with van der Waals surface area (Å²) in [5, 5.41) is 5.79. The second-order valence-corrected chi connectivity index (χ2v) is 4.29. The monoisotopic (exact) mass is 280 g/mol. The second kappa shape index (κ2) is 7.31. The topological polar surface area (TPSA) is 34.2 Å². The number of pyridine rings is 1. The van der Waals surface area contributed by atoms with Gasteiger partial charge in [0.25, 0.3) is 0 Å². The Labute approximate surface area is 120 Å². The zero-order valence-electron chi connectivity index (χ0n) is 11.6. The van der Waals surface area contributed by atoms with E-state index in [2.05, 4.69) is 42.3 Å². The molecule has 0 amide bonds. The molecule has 104 valence electrons. The number of fused-ring (bicyclic) bond motifs is 1. The van der Waals surface area contributed by atoms with Gasteiger partial charge < -0.3 is 10.1 Å². The van der Waals surface area contributed by atoms with Crippen LogP contribution in [-0.4, -0.2) is 18.6 Å². The largest absolute Gasteiger partial charge is 0.481 e. The van der Waals surface area contributed by atoms with Gasteiger partial charge in [0.05, 0.1) is 7.11 Å². The van der Waals surface area contributed by atoms with Crippen molar-refractivity contribution >= 4 is 23.2 Å². The minimum absolute atomic E-state index is 0. The highest BCUT2D eigenvalue weighted by molar-refractivity contribution is 5.89. The fourth-order valence-corrected chi connectivity index (χ4v) is 2.35. The van der Waals surface area contributed by atoms with E-state index in [0.717, 1.165) is 18.4 Å². The van der Waals surface area contributed by atoms with Crippen LogP contribution in [0.4, 0.5) is 0 Å². The maximum absolute atomic E-state index is 5.32. The van der Waals surface area contributed by atoms with Gasteiger partial charge in [-0.1, -0.05) is 32.0 Å². The van der Waals surface area contributed by atoms with E-state index in [1.165, 1.54) is 10.9 Å². The van der Waals surface area contributed by atoms with E-state index in [1.54, 1.807) is 7.11 Å². The van der Waals surface area contributed by atoms with Gasteiger partial charge in [-0.3, -0.25) is 0 Å². The average molecular weight is 281 g/mol. The van der Waals surface area contributed by atoms with Gasteiger partial charge in [0.15, 0.2) is 0 Å². The first-order valence-corrected chi connectivity index (χ1v) is 6.46. The minimum atomic E-state index is 0. The summed E-state index contributed by atoms with van der Waals surface area (Å²) in [4.78, 5) is 4.41. The number of nitrogens with one attached hydrogen (secondary N) is 1. The lowest BCUT2D eigenvalue weighted by Gasteiger charge is -2.18. The second-order valence-electron chi connectivity index (χ2n) is 4.29. The zero-order valence-corrected chi connectivity index (χ0v) is 12.5. The van der Waals surface area contributed by atoms with E-state index in [9.17, 15) is 0 Å². The third-order valence-corrected chi connectivity index (χ3v) is 3.22. The third-order valence-electron chi connectivity index (χ3n) is 3.22. The van der Waals surface area contributed by atoms with E-state index in [4.69, 9.17) is 4.74 Å². The molecule has 0 aliphatic rings. The fraction of sp³-hybridized carbons (Fsp3) is 0.400. The van der Waals surface area contributed by atoms with E-state index in [1.807, 2.05) is 12.3 Å². The molecule has 1 N–H and O–H groups in total. The lowest BCUT2D eigenvalue weighted by atomic mass is 9.99. The Hall–Kier alpha value is -1.32. The van der Waals surface area contributed by atoms with Crippen molar-refractivity contribution in [1.82, 2.24) is 10.3 Å². The lowest BCUT2D eigenvalue weighted by Crippen LogP contribution is -2.20. The molecular formula is C15H21ClN2O. The maximum atomic E-state index is 5.32. The molecule has 0 radical (unpaired) electrons. The van der Waals surface area contributed by atoms with Gasteiger partial charge in [-0.25, -0.2) is 4.98 Å². The number of hydrogen-bond acceptors (Lipinski definition) is 3. The van der Waals surface area contributed by atoms with Crippen molar-refractivity contribution in [2.24, 2.45) is 0 Å². The normalized spacial score (nSPS) is 11.9. The van der Waals surface area contributed by atoms with Gasteiger partial charge in [0.2, 0.25) is 5.88 Å². The highest BCUT2D eigenvalue weighted by Crippen LogP contribution is 2.30. The molecular weight excluding hydrogens is 260 g/mol. The van der Waals surface area contributed by atoms with Crippen LogP contribution < -0.4 is 10.1 Å². The van der Waals surface area contributed by atoms with Crippen molar-refractivity contribution in [2.45, 2.75) is 26.3 Å². The van der Waals surface area contributed by atoms with E-state index >= 15 is 0 Å². The molecule has 0 saturated heterocycles. The predicted octanol–water partition coefficient (Wildman–Crippen LogP) is 3.73. The summed E-state index contributed by atoms with van der Waals surface area (Å²) in [5.41, 5.74) is 1.25. The number of nitrogens with zero attached hydrogens (tertiary/aromatic N) is 1. The van der Waals surface area contributed by atoms with Crippen LogP contribution in [0.15, 0.2) is 30.5 Å². The van der Waals surface area contributed by atoms with Crippen LogP contribution in [0.25, 0.3) is 10.8 Å². The Morgan fingerprint density at radius 3 is 2.47 bits per heavy atom. The van der Waals surface area contributed by atoms with Gasteiger partial charge in [-0.15, -0.1) is 12.4 Å². The molecule has 2 rings (SSSR count). The van der Waals surface area contributed by atoms with Crippen LogP contribution in [-0.2, 0) is 0 Å². The molecule has 3 nitrogen and oxygen atoms in total. The average Bonchev–Trinajstić information content (AvgIpc) is 2.44. The Morgan fingerprint density at radius 1 is 1.21 bits per heavy atom. The quantitative estimate of drug-likeness (QED) is 0.906. The van der Waals surface area contributed by atoms with Crippen LogP contribution in [0, 0.1) is 0 Å². The SMILES string of the molecule is CCNC(CC)c1cnc(OC)c2ccccc12.Cl. The summed E-state index contributed by atoms with van der Waals surface area (Å²) in [5.74, 6) is 0.695. The number of hydrogen-bond donors (Lipinski definition) is 1. The van der Waals surface area contributed by atoms with Crippen LogP contribution in [0.3, 0.4) is 0 Å². The summed E-state index contributed by atoms with van der Waals surface area (Å²) in [6.45, 7) is 5.27. The molecule has 2 aromatic rings. The van der Waals surface area contributed by atoms with Crippen LogP contribution in [0.1, 0.15) is 31.9 Å². The molecule has 1 atom stereocenters. The summed E-state index contributed by atoms with van der Waals surface area (Å²) in [7, 11) is 1.66. The van der Waals surface area contributed by atoms with Crippen molar-refractivity contribution in [3.05, 3.63) is 36.0 Å². The number of methoxy groups -OCH3 is 1. The van der Waals surface area contributed by atoms with Gasteiger partial charge in [-0.2, -0.15) is 0 Å². The van der Waals surface area contributed by atoms with Crippen molar-refractivity contribution < 1.29 is 4.74 Å². The first-order valence-electron chi connectivity index (χ1n) is 6.46. The molecule has 0 spiro atoms. The smallest absolute Gasteiger partial charge is 0.221 e. The van der Waals surface area contributed by atoms with Gasteiger partial charge in [-0.05, 0) is 30.0 Å². The molecule has 0 aliphatic carbocycles. The first-order chi connectivity index (χ1) is 8.81. The number of ether oxygens (including phenoxy) is 1. The lowest BCUT2D eigenvalue weighted by molar-refractivity contribution is 0.402. The Morgan fingerprint density at radius 2 is 1.89 bits per heavy atom. The van der Waals surface area contributed by atoms with Crippen molar-refractivity contribution in [3.8, 4) is 5.88 Å². The summed E-state index contributed by atoms with van der Waals surface area (Å²) in [6, 6.07) is 8.62. The van der Waals surface area contributed by atoms with Gasteiger partial charge in [0.1, 0.15) is 0 Å². The number of halogens is 1. The molecule has 0 fully saturated rings. The molecule has 0 aliphatic heterocycles. The zero-order chi connectivity index (χ0) is 13.0. The van der Waals surface area contributed by atoms with Gasteiger partial charge in [0, 0.05) is 17.6 Å². The van der Waals surface area contributed by atoms with E-state index in [-0.39, 0.29) is 12.4 Å². The summed E-state index contributed by atoms with van der Waals surface area (Å²) in [6.07, 6.45) is 2.98. The highest BCUT2D eigenvalue weighted by Gasteiger charge is 2.14. The van der Waals surface area contributed by atoms with Crippen LogP contribution in [0.2, 0.25) is 0 Å². The Kier molecular flexibility index (Phi) is 6.06. The van der Waals surface area contributed by atoms with E-state index in [0.29, 0.717) is 11.9 Å². The standard InChI is InChI=1S/C15H20N2O.ClH/c1-4-14(16-5-2)13-10-17-15(18-3)12-9-7-6-8-11(12)13;/h6-10,14,16H,4-5H2,1-3H3;1H. The highest BCUT2D eigenvalue weighted by atomic mass is 35.5. The predicted molar refractivity (Wildman–Crippen MR) is 82.3 cm³/mol. The Balaban J connectivity index is 0.00000180. The number of rotatable bonds is 5. The molecule has 1 aromatic heterocycles. The molecule has 4 heteroatoms. The van der Waals surface area contributed by atoms with Crippen LogP contribution >= 0.6 is 12.4 Å². The van der Waals surface area contributed by atoms with Crippen molar-refractivity contribution in [3.63, 3.8) is 0 Å². The van der Waals surface area contributed by atoms with Crippen LogP contribution in [0.5, 0.6) is 5.88 Å². The molecule has 0 bridgehead atoms. The molecule has 0 saturated carbocycles. The number of benzene rings is 1. The first kappa shape index (κ1) is 15.7. The molecule has 1 heterocycles. The van der Waals surface area contributed by atoms with Crippen molar-refractivity contribution in [1.29, 1.82) is 0 Å². The van der Waals surface area contributed by atoms with Gasteiger partial charge >= 0.3 is 0 Å². The maximum Gasteiger partial charge on any atom is 0.221 e. The number of aromatic nitrogens is 1. The molecule has 1 aromatic carbocycles.